The van der Waals surface area contributed by atoms with Crippen LogP contribution < -0.4 is 11.1 Å². The summed E-state index contributed by atoms with van der Waals surface area (Å²) in [6.07, 6.45) is 24.1. The van der Waals surface area contributed by atoms with Crippen LogP contribution in [0.3, 0.4) is 0 Å². The summed E-state index contributed by atoms with van der Waals surface area (Å²) in [5, 5.41) is 3.46. The number of nitrogens with one attached hydrogen (secondary N) is 1. The second-order valence-electron chi connectivity index (χ2n) is 6.80. The standard InChI is InChI=1S/C19H44N2Si/c20-17-15-13-11-9-7-5-3-1-2-4-6-8-10-12-14-16-18-21-19-22/h21H,1-20H2,22H3. The van der Waals surface area contributed by atoms with Crippen molar-refractivity contribution < 1.29 is 0 Å². The molecule has 3 heteroatoms. The van der Waals surface area contributed by atoms with Gasteiger partial charge in [-0.05, 0) is 32.1 Å². The summed E-state index contributed by atoms with van der Waals surface area (Å²) in [5.74, 6) is 0. The molecule has 22 heavy (non-hydrogen) atoms. The fraction of sp³-hybridized carbons (Fsp3) is 1.00. The summed E-state index contributed by atoms with van der Waals surface area (Å²) >= 11 is 0. The van der Waals surface area contributed by atoms with Crippen molar-refractivity contribution in [1.82, 2.24) is 5.32 Å². The Bertz CT molecular complexity index is 168. The third-order valence-corrected chi connectivity index (χ3v) is 5.06. The lowest BCUT2D eigenvalue weighted by Gasteiger charge is -2.04. The largest absolute Gasteiger partial charge is 0.330 e. The lowest BCUT2D eigenvalue weighted by Crippen LogP contribution is -2.16. The van der Waals surface area contributed by atoms with Crippen molar-refractivity contribution in [2.45, 2.75) is 103 Å². The van der Waals surface area contributed by atoms with Gasteiger partial charge in [0.2, 0.25) is 0 Å². The molecule has 0 aliphatic carbocycles. The second kappa shape index (κ2) is 21.1. The van der Waals surface area contributed by atoms with E-state index in [-0.39, 0.29) is 0 Å². The first kappa shape index (κ1) is 22.1. The molecule has 0 aromatic carbocycles. The summed E-state index contributed by atoms with van der Waals surface area (Å²) in [4.78, 5) is 0. The van der Waals surface area contributed by atoms with Crippen LogP contribution in [0.4, 0.5) is 0 Å². The van der Waals surface area contributed by atoms with Gasteiger partial charge in [-0.3, -0.25) is 0 Å². The molecule has 0 radical (unpaired) electrons. The maximum atomic E-state index is 5.50. The van der Waals surface area contributed by atoms with Gasteiger partial charge >= 0.3 is 0 Å². The van der Waals surface area contributed by atoms with Gasteiger partial charge in [0.25, 0.3) is 0 Å². The predicted molar refractivity (Wildman–Crippen MR) is 106 cm³/mol. The molecule has 0 unspecified atom stereocenters. The molecule has 0 saturated heterocycles. The Labute approximate surface area is 143 Å². The SMILES string of the molecule is NCCCCCCCCCCCCCCCCCCNC[SiH3]. The number of unbranched alkanes of at least 4 members (excludes halogenated alkanes) is 15. The van der Waals surface area contributed by atoms with E-state index in [0.717, 1.165) is 6.54 Å². The zero-order chi connectivity index (χ0) is 16.1. The molecule has 0 atom stereocenters. The highest BCUT2D eigenvalue weighted by Gasteiger charge is 1.94. The molecule has 0 saturated carbocycles. The van der Waals surface area contributed by atoms with Gasteiger partial charge in [0.15, 0.2) is 0 Å². The molecule has 3 N–H and O–H groups in total. The van der Waals surface area contributed by atoms with Crippen LogP contribution in [-0.4, -0.2) is 29.5 Å². The molecule has 0 bridgehead atoms. The number of rotatable bonds is 19. The van der Waals surface area contributed by atoms with E-state index < -0.39 is 0 Å². The van der Waals surface area contributed by atoms with E-state index in [1.165, 1.54) is 126 Å². The van der Waals surface area contributed by atoms with E-state index >= 15 is 0 Å². The number of hydrogen-bond acceptors (Lipinski definition) is 2. The molecule has 0 heterocycles. The van der Waals surface area contributed by atoms with Crippen molar-refractivity contribution in [3.63, 3.8) is 0 Å². The lowest BCUT2D eigenvalue weighted by atomic mass is 10.0. The zero-order valence-electron chi connectivity index (χ0n) is 15.5. The molecule has 0 spiro atoms. The van der Waals surface area contributed by atoms with E-state index in [1.807, 2.05) is 0 Å². The summed E-state index contributed by atoms with van der Waals surface area (Å²) in [6, 6.07) is 0. The fourth-order valence-corrected chi connectivity index (χ4v) is 3.40. The topological polar surface area (TPSA) is 38.0 Å². The van der Waals surface area contributed by atoms with Crippen molar-refractivity contribution in [2.24, 2.45) is 5.73 Å². The second-order valence-corrected chi connectivity index (χ2v) is 7.51. The lowest BCUT2D eigenvalue weighted by molar-refractivity contribution is 0.526. The maximum absolute atomic E-state index is 5.50. The summed E-state index contributed by atoms with van der Waals surface area (Å²) in [5.41, 5.74) is 5.50. The molecular formula is C19H44N2Si. The van der Waals surface area contributed by atoms with Gasteiger partial charge in [0, 0.05) is 10.2 Å². The van der Waals surface area contributed by atoms with Crippen LogP contribution >= 0.6 is 0 Å². The molecule has 0 rings (SSSR count). The minimum Gasteiger partial charge on any atom is -0.330 e. The Morgan fingerprint density at radius 1 is 0.500 bits per heavy atom. The Hall–Kier alpha value is 0.137. The molecule has 0 aromatic rings. The molecule has 0 aliphatic heterocycles. The molecule has 2 nitrogen and oxygen atoms in total. The minimum atomic E-state index is 0.872. The zero-order valence-corrected chi connectivity index (χ0v) is 17.5. The van der Waals surface area contributed by atoms with Gasteiger partial charge < -0.3 is 11.1 Å². The molecule has 0 aliphatic rings. The van der Waals surface area contributed by atoms with Gasteiger partial charge in [-0.2, -0.15) is 0 Å². The summed E-state index contributed by atoms with van der Waals surface area (Å²) < 4.78 is 0. The van der Waals surface area contributed by atoms with Crippen molar-refractivity contribution in [3.8, 4) is 0 Å². The minimum absolute atomic E-state index is 0.872. The van der Waals surface area contributed by atoms with E-state index in [9.17, 15) is 0 Å². The van der Waals surface area contributed by atoms with Crippen LogP contribution in [0.25, 0.3) is 0 Å². The molecule has 0 amide bonds. The third-order valence-electron chi connectivity index (χ3n) is 4.56. The maximum Gasteiger partial charge on any atom is 0.0201 e. The van der Waals surface area contributed by atoms with Crippen molar-refractivity contribution >= 4 is 10.2 Å². The van der Waals surface area contributed by atoms with E-state index in [4.69, 9.17) is 5.73 Å². The van der Waals surface area contributed by atoms with Gasteiger partial charge in [0.05, 0.1) is 0 Å². The van der Waals surface area contributed by atoms with E-state index in [2.05, 4.69) is 5.32 Å². The highest BCUT2D eigenvalue weighted by atomic mass is 28.1. The molecule has 0 aromatic heterocycles. The van der Waals surface area contributed by atoms with Gasteiger partial charge in [-0.25, -0.2) is 0 Å². The van der Waals surface area contributed by atoms with Crippen LogP contribution in [0.5, 0.6) is 0 Å². The summed E-state index contributed by atoms with van der Waals surface area (Å²) in [7, 11) is 1.29. The smallest absolute Gasteiger partial charge is 0.0201 e. The first-order valence-corrected chi connectivity index (χ1v) is 11.7. The fourth-order valence-electron chi connectivity index (χ4n) is 3.05. The highest BCUT2D eigenvalue weighted by molar-refractivity contribution is 6.08. The molecule has 0 fully saturated rings. The Morgan fingerprint density at radius 3 is 1.14 bits per heavy atom. The van der Waals surface area contributed by atoms with Crippen molar-refractivity contribution in [2.75, 3.05) is 19.3 Å². The van der Waals surface area contributed by atoms with Gasteiger partial charge in [-0.1, -0.05) is 89.9 Å². The van der Waals surface area contributed by atoms with E-state index in [0.29, 0.717) is 0 Å². The van der Waals surface area contributed by atoms with Crippen LogP contribution in [0, 0.1) is 0 Å². The van der Waals surface area contributed by atoms with Crippen molar-refractivity contribution in [3.05, 3.63) is 0 Å². The van der Waals surface area contributed by atoms with Gasteiger partial charge in [0.1, 0.15) is 0 Å². The Balaban J connectivity index is 2.91. The molecule has 134 valence electrons. The average Bonchev–Trinajstić information content (AvgIpc) is 2.54. The van der Waals surface area contributed by atoms with Crippen LogP contribution in [-0.2, 0) is 0 Å². The first-order valence-electron chi connectivity index (χ1n) is 10.3. The third kappa shape index (κ3) is 20.1. The van der Waals surface area contributed by atoms with E-state index in [1.54, 1.807) is 0 Å². The van der Waals surface area contributed by atoms with Crippen LogP contribution in [0.1, 0.15) is 103 Å². The Kier molecular flexibility index (Phi) is 21.3. The van der Waals surface area contributed by atoms with Crippen LogP contribution in [0.2, 0.25) is 0 Å². The quantitative estimate of drug-likeness (QED) is 0.277. The number of hydrogen-bond donors (Lipinski definition) is 2. The molecular weight excluding hydrogens is 284 g/mol. The first-order chi connectivity index (χ1) is 10.9. The average molecular weight is 329 g/mol. The number of nitrogens with two attached hydrogens (primary N) is 1. The normalized spacial score (nSPS) is 11.3. The predicted octanol–water partition coefficient (Wildman–Crippen LogP) is 4.10. The monoisotopic (exact) mass is 328 g/mol. The van der Waals surface area contributed by atoms with Crippen LogP contribution in [0.15, 0.2) is 0 Å². The Morgan fingerprint density at radius 2 is 0.818 bits per heavy atom. The summed E-state index contributed by atoms with van der Waals surface area (Å²) in [6.45, 7) is 2.12. The highest BCUT2D eigenvalue weighted by Crippen LogP contribution is 2.13. The van der Waals surface area contributed by atoms with Crippen molar-refractivity contribution in [1.29, 1.82) is 0 Å². The van der Waals surface area contributed by atoms with Gasteiger partial charge in [-0.15, -0.1) is 0 Å².